The number of aromatic nitrogens is 9. The van der Waals surface area contributed by atoms with Crippen LogP contribution in [0.2, 0.25) is 0 Å². The number of nitrogens with zero attached hydrogens (tertiary/aromatic N) is 6. The van der Waals surface area contributed by atoms with Crippen LogP contribution in [0.25, 0.3) is 17.5 Å². The first-order valence-corrected chi connectivity index (χ1v) is 15.3. The molecule has 0 unspecified atom stereocenters. The normalized spacial score (nSPS) is 11.4. The molecule has 9 nitrogen and oxygen atoms in total. The van der Waals surface area contributed by atoms with Crippen LogP contribution in [-0.4, -0.2) is 29.3 Å². The van der Waals surface area contributed by atoms with Crippen LogP contribution < -0.4 is 15.0 Å². The van der Waals surface area contributed by atoms with Gasteiger partial charge in [-0.2, -0.15) is 0 Å². The summed E-state index contributed by atoms with van der Waals surface area (Å²) in [6, 6.07) is 18.5. The molecule has 10 heteroatoms. The van der Waals surface area contributed by atoms with Crippen LogP contribution in [0.1, 0.15) is 79.0 Å². The number of aromatic amines is 3. The van der Waals surface area contributed by atoms with Gasteiger partial charge in [0.1, 0.15) is 18.6 Å². The van der Waals surface area contributed by atoms with Crippen molar-refractivity contribution in [2.24, 2.45) is 0 Å². The van der Waals surface area contributed by atoms with Crippen LogP contribution in [0.4, 0.5) is 0 Å². The second kappa shape index (κ2) is 15.2. The Morgan fingerprint density at radius 1 is 0.457 bits per heavy atom. The molecule has 3 N–H and O–H groups in total. The Kier molecular flexibility index (Phi) is 12.0. The average molecular weight is 666 g/mol. The molecule has 6 heterocycles. The molecule has 0 aromatic carbocycles. The fraction of sp³-hybridized carbons (Fsp3) is 0.333. The zero-order valence-electron chi connectivity index (χ0n) is 28.4. The molecule has 0 aliphatic carbocycles. The summed E-state index contributed by atoms with van der Waals surface area (Å²) < 4.78 is 5.49. The molecule has 0 bridgehead atoms. The zero-order chi connectivity index (χ0) is 32.7. The van der Waals surface area contributed by atoms with Gasteiger partial charge in [-0.15, -0.1) is 14.0 Å². The Hall–Kier alpha value is -4.41. The summed E-state index contributed by atoms with van der Waals surface area (Å²) in [6.45, 7) is 19.8. The molecule has 6 aromatic rings. The molecule has 0 saturated heterocycles. The van der Waals surface area contributed by atoms with Gasteiger partial charge >= 0.3 is 34.2 Å². The molecule has 6 aromatic heterocycles. The van der Waals surface area contributed by atoms with Gasteiger partial charge in [-0.1, -0.05) is 77.6 Å². The number of H-pyrrole nitrogens is 3. The summed E-state index contributed by atoms with van der Waals surface area (Å²) in [5.41, 5.74) is 4.38. The van der Waals surface area contributed by atoms with Gasteiger partial charge in [-0.3, -0.25) is 0 Å². The molecule has 46 heavy (non-hydrogen) atoms. The molecule has 0 fully saturated rings. The van der Waals surface area contributed by atoms with E-state index in [1.165, 1.54) is 16.7 Å². The van der Waals surface area contributed by atoms with Gasteiger partial charge in [0.2, 0.25) is 0 Å². The van der Waals surface area contributed by atoms with Crippen molar-refractivity contribution in [3.05, 3.63) is 127 Å². The molecular formula is C36H48CoN9+6. The van der Waals surface area contributed by atoms with Gasteiger partial charge < -0.3 is 0 Å². The standard InChI is InChI=1S/3C12H15N3.Co/c3*1-12(2,3)10-5-7-13-11(9-10)15-8-4-6-14-15;/h3*4-9H,1-3H3;/q;;;+3/p+3. The molecule has 0 spiro atoms. The van der Waals surface area contributed by atoms with E-state index < -0.39 is 0 Å². The zero-order valence-corrected chi connectivity index (χ0v) is 29.4. The van der Waals surface area contributed by atoms with Crippen LogP contribution in [0, 0.1) is 0 Å². The van der Waals surface area contributed by atoms with E-state index >= 15 is 0 Å². The number of pyridine rings is 3. The van der Waals surface area contributed by atoms with Crippen molar-refractivity contribution in [1.29, 1.82) is 0 Å². The van der Waals surface area contributed by atoms with Gasteiger partial charge in [-0.25, -0.2) is 15.0 Å². The summed E-state index contributed by atoms with van der Waals surface area (Å²) in [5, 5.41) is 12.6. The van der Waals surface area contributed by atoms with Crippen molar-refractivity contribution in [2.75, 3.05) is 0 Å². The molecule has 0 amide bonds. The number of hydrogen-bond acceptors (Lipinski definition) is 3. The van der Waals surface area contributed by atoms with E-state index in [0.717, 1.165) is 17.5 Å². The van der Waals surface area contributed by atoms with Gasteiger partial charge in [0.25, 0.3) is 0 Å². The van der Waals surface area contributed by atoms with Crippen LogP contribution in [0.3, 0.4) is 0 Å². The van der Waals surface area contributed by atoms with Gasteiger partial charge in [0.15, 0.2) is 0 Å². The van der Waals surface area contributed by atoms with E-state index in [9.17, 15) is 0 Å². The largest absolute Gasteiger partial charge is 3.00 e. The van der Waals surface area contributed by atoms with E-state index in [2.05, 4.69) is 129 Å². The minimum Gasteiger partial charge on any atom is -0.245 e. The molecule has 0 radical (unpaired) electrons. The number of hydrogen-bond donors (Lipinski definition) is 0. The topological polar surface area (TPSA) is 95.9 Å². The molecule has 0 aliphatic rings. The Morgan fingerprint density at radius 2 is 0.717 bits per heavy atom. The predicted molar refractivity (Wildman–Crippen MR) is 176 cm³/mol. The second-order valence-electron chi connectivity index (χ2n) is 14.0. The minimum atomic E-state index is 0. The Balaban J connectivity index is 0.000000186. The van der Waals surface area contributed by atoms with E-state index in [1.807, 2.05) is 69.4 Å². The Labute approximate surface area is 283 Å². The van der Waals surface area contributed by atoms with Gasteiger partial charge in [-0.05, 0) is 51.1 Å². The maximum Gasteiger partial charge on any atom is 3.00 e. The number of nitrogens with one attached hydrogen (secondary N) is 3. The first-order chi connectivity index (χ1) is 21.2. The summed E-state index contributed by atoms with van der Waals surface area (Å²) in [6.07, 6.45) is 17.0. The monoisotopic (exact) mass is 665 g/mol. The Bertz CT molecular complexity index is 1530. The third kappa shape index (κ3) is 10.0. The van der Waals surface area contributed by atoms with E-state index in [1.54, 1.807) is 18.6 Å². The van der Waals surface area contributed by atoms with Gasteiger partial charge in [0.05, 0.1) is 37.2 Å². The third-order valence-electron chi connectivity index (χ3n) is 7.21. The third-order valence-corrected chi connectivity index (χ3v) is 7.21. The maximum absolute atomic E-state index is 4.20. The molecular weight excluding hydrogens is 617 g/mol. The summed E-state index contributed by atoms with van der Waals surface area (Å²) in [4.78, 5) is 9.55. The summed E-state index contributed by atoms with van der Waals surface area (Å²) >= 11 is 0. The SMILES string of the molecule is CC(C)(C)c1cc[nH+]c(-n2cccn2)c1.CC(C)(C)c1cc[nH+]c(-n2cccn2)c1.CC(C)(C)c1cc[nH+]c(-n2cccn2)c1.[Co+3]. The van der Waals surface area contributed by atoms with Crippen molar-refractivity contribution in [3.63, 3.8) is 0 Å². The van der Waals surface area contributed by atoms with Crippen molar-refractivity contribution >= 4 is 0 Å². The fourth-order valence-corrected chi connectivity index (χ4v) is 4.39. The van der Waals surface area contributed by atoms with Crippen molar-refractivity contribution in [3.8, 4) is 17.5 Å². The van der Waals surface area contributed by atoms with Crippen LogP contribution >= 0.6 is 0 Å². The molecule has 0 aliphatic heterocycles. The van der Waals surface area contributed by atoms with E-state index in [0.29, 0.717) is 0 Å². The summed E-state index contributed by atoms with van der Waals surface area (Å²) in [7, 11) is 0. The summed E-state index contributed by atoms with van der Waals surface area (Å²) in [5.74, 6) is 2.98. The predicted octanol–water partition coefficient (Wildman–Crippen LogP) is 5.95. The Morgan fingerprint density at radius 3 is 0.913 bits per heavy atom. The van der Waals surface area contributed by atoms with E-state index in [-0.39, 0.29) is 33.0 Å². The smallest absolute Gasteiger partial charge is 0.245 e. The minimum absolute atomic E-state index is 0. The first kappa shape index (κ1) is 36.1. The van der Waals surface area contributed by atoms with Crippen LogP contribution in [0.15, 0.2) is 110 Å². The van der Waals surface area contributed by atoms with Crippen molar-refractivity contribution < 1.29 is 31.7 Å². The average Bonchev–Trinajstić information content (AvgIpc) is 3.81. The van der Waals surface area contributed by atoms with E-state index in [4.69, 9.17) is 0 Å². The first-order valence-electron chi connectivity index (χ1n) is 15.3. The van der Waals surface area contributed by atoms with Crippen molar-refractivity contribution in [2.45, 2.75) is 78.6 Å². The van der Waals surface area contributed by atoms with Crippen LogP contribution in [0.5, 0.6) is 0 Å². The molecule has 0 atom stereocenters. The molecule has 240 valence electrons. The molecule has 0 saturated carbocycles. The number of rotatable bonds is 3. The van der Waals surface area contributed by atoms with Crippen LogP contribution in [-0.2, 0) is 33.0 Å². The maximum atomic E-state index is 4.20. The van der Waals surface area contributed by atoms with Crippen molar-refractivity contribution in [1.82, 2.24) is 29.3 Å². The second-order valence-corrected chi connectivity index (χ2v) is 14.0. The quantitative estimate of drug-likeness (QED) is 0.234. The molecule has 6 rings (SSSR count). The fourth-order valence-electron chi connectivity index (χ4n) is 4.39. The van der Waals surface area contributed by atoms with Gasteiger partial charge in [0, 0.05) is 36.4 Å².